The lowest BCUT2D eigenvalue weighted by Crippen LogP contribution is -2.46. The van der Waals surface area contributed by atoms with Crippen LogP contribution >= 0.6 is 0 Å². The molecule has 18 heavy (non-hydrogen) atoms. The van der Waals surface area contributed by atoms with Crippen molar-refractivity contribution in [2.24, 2.45) is 5.92 Å². The van der Waals surface area contributed by atoms with Gasteiger partial charge in [0.15, 0.2) is 0 Å². The van der Waals surface area contributed by atoms with Crippen LogP contribution in [0.5, 0.6) is 0 Å². The van der Waals surface area contributed by atoms with E-state index in [4.69, 9.17) is 0 Å². The Morgan fingerprint density at radius 2 is 2.22 bits per heavy atom. The molecule has 1 heterocycles. The highest BCUT2D eigenvalue weighted by molar-refractivity contribution is 5.92. The molecule has 0 aromatic carbocycles. The summed E-state index contributed by atoms with van der Waals surface area (Å²) in [7, 11) is 0. The molecule has 1 aliphatic rings. The van der Waals surface area contributed by atoms with Crippen molar-refractivity contribution in [1.29, 1.82) is 0 Å². The van der Waals surface area contributed by atoms with E-state index in [0.29, 0.717) is 11.6 Å². The van der Waals surface area contributed by atoms with E-state index in [1.165, 1.54) is 0 Å². The molecule has 2 rings (SSSR count). The van der Waals surface area contributed by atoms with E-state index in [2.05, 4.69) is 24.1 Å². The first-order chi connectivity index (χ1) is 8.63. The van der Waals surface area contributed by atoms with Crippen molar-refractivity contribution in [3.63, 3.8) is 0 Å². The summed E-state index contributed by atoms with van der Waals surface area (Å²) < 4.78 is 0. The minimum atomic E-state index is -0.168. The van der Waals surface area contributed by atoms with Crippen molar-refractivity contribution in [1.82, 2.24) is 10.3 Å². The van der Waals surface area contributed by atoms with Gasteiger partial charge in [-0.2, -0.15) is 0 Å². The highest BCUT2D eigenvalue weighted by atomic mass is 16.3. The summed E-state index contributed by atoms with van der Waals surface area (Å²) in [6.45, 7) is 4.12. The van der Waals surface area contributed by atoms with Crippen LogP contribution in [0, 0.1) is 5.92 Å². The smallest absolute Gasteiger partial charge is 0.267 e. The van der Waals surface area contributed by atoms with Gasteiger partial charge in [-0.3, -0.25) is 4.79 Å². The summed E-state index contributed by atoms with van der Waals surface area (Å²) in [5.41, 5.74) is 1.71. The number of nitrogens with one attached hydrogen (secondary N) is 2. The van der Waals surface area contributed by atoms with Gasteiger partial charge in [0, 0.05) is 11.7 Å². The first-order valence-corrected chi connectivity index (χ1v) is 6.80. The number of aliphatic hydroxyl groups excluding tert-OH is 1. The molecule has 1 aliphatic carbocycles. The molecule has 1 aromatic heterocycles. The summed E-state index contributed by atoms with van der Waals surface area (Å²) in [6, 6.07) is 3.95. The van der Waals surface area contributed by atoms with E-state index in [1.54, 1.807) is 0 Å². The van der Waals surface area contributed by atoms with Gasteiger partial charge in [0.1, 0.15) is 5.69 Å². The van der Waals surface area contributed by atoms with Crippen LogP contribution in [0.15, 0.2) is 12.1 Å². The third kappa shape index (κ3) is 2.75. The van der Waals surface area contributed by atoms with Gasteiger partial charge in [-0.1, -0.05) is 13.8 Å². The molecule has 1 saturated carbocycles. The lowest BCUT2D eigenvalue weighted by molar-refractivity contribution is 0.0232. The van der Waals surface area contributed by atoms with Gasteiger partial charge in [0.2, 0.25) is 0 Å². The SMILES string of the molecule is CCc1ccc(C(=O)NC(CC)C2CC(O)C2)[nH]1. The molecule has 4 nitrogen and oxygen atoms in total. The van der Waals surface area contributed by atoms with E-state index in [0.717, 1.165) is 31.4 Å². The Hall–Kier alpha value is -1.29. The summed E-state index contributed by atoms with van der Waals surface area (Å²) in [4.78, 5) is 15.2. The van der Waals surface area contributed by atoms with Gasteiger partial charge in [-0.05, 0) is 43.7 Å². The molecule has 4 heteroatoms. The Bertz CT molecular complexity index is 408. The van der Waals surface area contributed by atoms with Crippen LogP contribution in [-0.2, 0) is 6.42 Å². The molecule has 1 unspecified atom stereocenters. The lowest BCUT2D eigenvalue weighted by atomic mass is 9.76. The maximum Gasteiger partial charge on any atom is 0.267 e. The van der Waals surface area contributed by atoms with Gasteiger partial charge >= 0.3 is 0 Å². The zero-order valence-electron chi connectivity index (χ0n) is 11.1. The van der Waals surface area contributed by atoms with Crippen molar-refractivity contribution in [3.05, 3.63) is 23.5 Å². The fraction of sp³-hybridized carbons (Fsp3) is 0.643. The van der Waals surface area contributed by atoms with Crippen molar-refractivity contribution in [2.75, 3.05) is 0 Å². The van der Waals surface area contributed by atoms with Crippen LogP contribution < -0.4 is 5.32 Å². The number of aromatic amines is 1. The molecule has 1 atom stereocenters. The monoisotopic (exact) mass is 250 g/mol. The molecule has 0 radical (unpaired) electrons. The molecule has 0 bridgehead atoms. The molecule has 0 aliphatic heterocycles. The number of hydrogen-bond acceptors (Lipinski definition) is 2. The van der Waals surface area contributed by atoms with Gasteiger partial charge in [0.05, 0.1) is 6.10 Å². The second-order valence-electron chi connectivity index (χ2n) is 5.12. The minimum Gasteiger partial charge on any atom is -0.393 e. The van der Waals surface area contributed by atoms with E-state index < -0.39 is 0 Å². The van der Waals surface area contributed by atoms with Crippen LogP contribution in [0.3, 0.4) is 0 Å². The average Bonchev–Trinajstić information content (AvgIpc) is 2.81. The average molecular weight is 250 g/mol. The Morgan fingerprint density at radius 3 is 2.72 bits per heavy atom. The second kappa shape index (κ2) is 5.57. The molecule has 1 amide bonds. The van der Waals surface area contributed by atoms with E-state index >= 15 is 0 Å². The van der Waals surface area contributed by atoms with Crippen LogP contribution in [0.1, 0.15) is 49.3 Å². The topological polar surface area (TPSA) is 65.1 Å². The number of amides is 1. The van der Waals surface area contributed by atoms with Crippen molar-refractivity contribution >= 4 is 5.91 Å². The molecule has 3 N–H and O–H groups in total. The van der Waals surface area contributed by atoms with Gasteiger partial charge in [-0.25, -0.2) is 0 Å². The summed E-state index contributed by atoms with van der Waals surface area (Å²) in [5.74, 6) is 0.387. The number of rotatable bonds is 5. The zero-order chi connectivity index (χ0) is 13.1. The number of carbonyl (C=O) groups is 1. The molecular formula is C14H22N2O2. The number of aryl methyl sites for hydroxylation is 1. The first-order valence-electron chi connectivity index (χ1n) is 6.80. The third-order valence-electron chi connectivity index (χ3n) is 3.85. The van der Waals surface area contributed by atoms with Crippen molar-refractivity contribution in [3.8, 4) is 0 Å². The molecule has 100 valence electrons. The number of aromatic nitrogens is 1. The fourth-order valence-electron chi connectivity index (χ4n) is 2.54. The first kappa shape index (κ1) is 13.1. The van der Waals surface area contributed by atoms with Crippen LogP contribution in [-0.4, -0.2) is 28.1 Å². The Kier molecular flexibility index (Phi) is 4.07. The zero-order valence-corrected chi connectivity index (χ0v) is 11.1. The van der Waals surface area contributed by atoms with E-state index in [-0.39, 0.29) is 18.1 Å². The number of H-pyrrole nitrogens is 1. The fourth-order valence-corrected chi connectivity index (χ4v) is 2.54. The standard InChI is InChI=1S/C14H22N2O2/c1-3-10-5-6-13(15-10)14(18)16-12(4-2)9-7-11(17)8-9/h5-6,9,11-12,15,17H,3-4,7-8H2,1-2H3,(H,16,18). The lowest BCUT2D eigenvalue weighted by Gasteiger charge is -2.37. The van der Waals surface area contributed by atoms with Crippen LogP contribution in [0.2, 0.25) is 0 Å². The second-order valence-corrected chi connectivity index (χ2v) is 5.12. The summed E-state index contributed by atoms with van der Waals surface area (Å²) in [6.07, 6.45) is 3.26. The molecule has 1 aromatic rings. The van der Waals surface area contributed by atoms with E-state index in [9.17, 15) is 9.90 Å². The normalized spacial score (nSPS) is 24.4. The number of hydrogen-bond donors (Lipinski definition) is 3. The third-order valence-corrected chi connectivity index (χ3v) is 3.85. The molecular weight excluding hydrogens is 228 g/mol. The van der Waals surface area contributed by atoms with Crippen LogP contribution in [0.25, 0.3) is 0 Å². The van der Waals surface area contributed by atoms with Crippen LogP contribution in [0.4, 0.5) is 0 Å². The molecule has 0 spiro atoms. The highest BCUT2D eigenvalue weighted by Gasteiger charge is 2.33. The van der Waals surface area contributed by atoms with Gasteiger partial charge in [0.25, 0.3) is 5.91 Å². The Morgan fingerprint density at radius 1 is 1.50 bits per heavy atom. The van der Waals surface area contributed by atoms with Gasteiger partial charge in [-0.15, -0.1) is 0 Å². The maximum absolute atomic E-state index is 12.1. The highest BCUT2D eigenvalue weighted by Crippen LogP contribution is 2.31. The quantitative estimate of drug-likeness (QED) is 0.746. The number of carbonyl (C=O) groups excluding carboxylic acids is 1. The predicted molar refractivity (Wildman–Crippen MR) is 70.4 cm³/mol. The minimum absolute atomic E-state index is 0.0389. The summed E-state index contributed by atoms with van der Waals surface area (Å²) >= 11 is 0. The largest absolute Gasteiger partial charge is 0.393 e. The van der Waals surface area contributed by atoms with E-state index in [1.807, 2.05) is 12.1 Å². The Balaban J connectivity index is 1.92. The number of aliphatic hydroxyl groups is 1. The van der Waals surface area contributed by atoms with Crippen molar-refractivity contribution < 1.29 is 9.90 Å². The molecule has 0 saturated heterocycles. The molecule has 1 fully saturated rings. The predicted octanol–water partition coefficient (Wildman–Crippen LogP) is 1.86. The van der Waals surface area contributed by atoms with Crippen molar-refractivity contribution in [2.45, 2.75) is 51.7 Å². The maximum atomic E-state index is 12.1. The van der Waals surface area contributed by atoms with Gasteiger partial charge < -0.3 is 15.4 Å². The summed E-state index contributed by atoms with van der Waals surface area (Å²) in [5, 5.41) is 12.4. The Labute approximate surface area is 108 Å².